The number of aromatic nitrogens is 1. The summed E-state index contributed by atoms with van der Waals surface area (Å²) in [6, 6.07) is 5.57. The van der Waals surface area contributed by atoms with Gasteiger partial charge in [-0.2, -0.15) is 0 Å². The van der Waals surface area contributed by atoms with E-state index in [0.29, 0.717) is 31.6 Å². The summed E-state index contributed by atoms with van der Waals surface area (Å²) < 4.78 is 14.6. The third-order valence-electron chi connectivity index (χ3n) is 6.31. The van der Waals surface area contributed by atoms with Gasteiger partial charge in [0.1, 0.15) is 17.5 Å². The molecule has 1 saturated heterocycles. The maximum absolute atomic E-state index is 13.2. The van der Waals surface area contributed by atoms with Crippen molar-refractivity contribution in [2.45, 2.75) is 39.0 Å². The molecule has 0 radical (unpaired) electrons. The van der Waals surface area contributed by atoms with E-state index in [4.69, 9.17) is 0 Å². The predicted molar refractivity (Wildman–Crippen MR) is 124 cm³/mol. The number of amides is 3. The Hall–Kier alpha value is -3.73. The van der Waals surface area contributed by atoms with Crippen molar-refractivity contribution in [3.8, 4) is 5.75 Å². The van der Waals surface area contributed by atoms with Crippen LogP contribution in [-0.2, 0) is 17.9 Å². The fraction of sp³-hybridized carbons (Fsp3) is 0.417. The molecule has 1 fully saturated rings. The number of carbonyl (C=O) groups is 3. The number of rotatable bonds is 7. The molecule has 0 bridgehead atoms. The van der Waals surface area contributed by atoms with E-state index in [1.807, 2.05) is 0 Å². The molecule has 1 unspecified atom stereocenters. The van der Waals surface area contributed by atoms with E-state index < -0.39 is 28.8 Å². The first-order chi connectivity index (χ1) is 16.8. The highest BCUT2D eigenvalue weighted by atomic mass is 19.1. The summed E-state index contributed by atoms with van der Waals surface area (Å²) in [5.41, 5.74) is -0.669. The molecule has 1 aromatic heterocycles. The minimum atomic E-state index is -0.913. The van der Waals surface area contributed by atoms with Crippen LogP contribution in [0.1, 0.15) is 46.2 Å². The van der Waals surface area contributed by atoms with Gasteiger partial charge in [-0.1, -0.05) is 12.1 Å². The molecule has 3 amide bonds. The molecular formula is C24H28FN5O5. The van der Waals surface area contributed by atoms with Crippen LogP contribution in [0.2, 0.25) is 0 Å². The number of hydrogen-bond donors (Lipinski definition) is 3. The molecule has 0 spiro atoms. The summed E-state index contributed by atoms with van der Waals surface area (Å²) in [5, 5.41) is 15.9. The SMILES string of the molecule is CC(=O)NCCCN1CCCN2C(=O)c3c(O)c(=O)c(C(=O)NCc4ccc(F)cc4)cn3CC12. The van der Waals surface area contributed by atoms with Gasteiger partial charge in [-0.3, -0.25) is 24.1 Å². The van der Waals surface area contributed by atoms with Gasteiger partial charge in [0.15, 0.2) is 11.4 Å². The number of hydrogen-bond acceptors (Lipinski definition) is 6. The summed E-state index contributed by atoms with van der Waals surface area (Å²) in [4.78, 5) is 53.6. The highest BCUT2D eigenvalue weighted by molar-refractivity contribution is 5.99. The molecule has 10 nitrogen and oxygen atoms in total. The van der Waals surface area contributed by atoms with Crippen molar-refractivity contribution in [3.05, 3.63) is 63.3 Å². The lowest BCUT2D eigenvalue weighted by Crippen LogP contribution is -2.61. The number of nitrogens with zero attached hydrogens (tertiary/aromatic N) is 3. The second kappa shape index (κ2) is 10.3. The average molecular weight is 486 g/mol. The van der Waals surface area contributed by atoms with Crippen molar-refractivity contribution in [2.75, 3.05) is 26.2 Å². The molecular weight excluding hydrogens is 457 g/mol. The molecule has 35 heavy (non-hydrogen) atoms. The maximum Gasteiger partial charge on any atom is 0.275 e. The minimum Gasteiger partial charge on any atom is -0.503 e. The number of pyridine rings is 1. The summed E-state index contributed by atoms with van der Waals surface area (Å²) >= 11 is 0. The molecule has 3 heterocycles. The van der Waals surface area contributed by atoms with Gasteiger partial charge in [0.2, 0.25) is 11.3 Å². The molecule has 4 rings (SSSR count). The van der Waals surface area contributed by atoms with Gasteiger partial charge in [-0.05, 0) is 30.5 Å². The molecule has 1 aromatic carbocycles. The quantitative estimate of drug-likeness (QED) is 0.495. The molecule has 1 atom stereocenters. The van der Waals surface area contributed by atoms with E-state index in [0.717, 1.165) is 13.0 Å². The van der Waals surface area contributed by atoms with Gasteiger partial charge in [0.05, 0.1) is 6.54 Å². The Labute approximate surface area is 201 Å². The molecule has 186 valence electrons. The Morgan fingerprint density at radius 3 is 2.60 bits per heavy atom. The van der Waals surface area contributed by atoms with E-state index in [1.165, 1.54) is 42.0 Å². The number of fused-ring (bicyclic) bond motifs is 2. The topological polar surface area (TPSA) is 124 Å². The zero-order valence-corrected chi connectivity index (χ0v) is 19.4. The summed E-state index contributed by atoms with van der Waals surface area (Å²) in [7, 11) is 0. The number of halogens is 1. The molecule has 11 heteroatoms. The van der Waals surface area contributed by atoms with Crippen molar-refractivity contribution >= 4 is 17.7 Å². The Morgan fingerprint density at radius 1 is 1.14 bits per heavy atom. The average Bonchev–Trinajstić information content (AvgIpc) is 2.83. The second-order valence-electron chi connectivity index (χ2n) is 8.74. The van der Waals surface area contributed by atoms with E-state index in [-0.39, 0.29) is 36.4 Å². The third kappa shape index (κ3) is 5.19. The summed E-state index contributed by atoms with van der Waals surface area (Å²) in [6.45, 7) is 4.25. The number of nitrogens with one attached hydrogen (secondary N) is 2. The fourth-order valence-electron chi connectivity index (χ4n) is 4.57. The van der Waals surface area contributed by atoms with Crippen LogP contribution >= 0.6 is 0 Å². The lowest BCUT2D eigenvalue weighted by Gasteiger charge is -2.47. The number of benzene rings is 1. The van der Waals surface area contributed by atoms with Crippen LogP contribution in [0.5, 0.6) is 5.75 Å². The fourth-order valence-corrected chi connectivity index (χ4v) is 4.57. The molecule has 2 aromatic rings. The molecule has 3 N–H and O–H groups in total. The van der Waals surface area contributed by atoms with Gasteiger partial charge in [-0.15, -0.1) is 0 Å². The molecule has 2 aliphatic rings. The summed E-state index contributed by atoms with van der Waals surface area (Å²) in [6.07, 6.45) is 2.48. The molecule has 2 aliphatic heterocycles. The normalized spacial score (nSPS) is 17.5. The van der Waals surface area contributed by atoms with E-state index >= 15 is 0 Å². The lowest BCUT2D eigenvalue weighted by atomic mass is 10.1. The van der Waals surface area contributed by atoms with E-state index in [2.05, 4.69) is 15.5 Å². The zero-order valence-electron chi connectivity index (χ0n) is 19.4. The van der Waals surface area contributed by atoms with Crippen LogP contribution in [-0.4, -0.2) is 69.5 Å². The number of aromatic hydroxyl groups is 1. The Kier molecular flexibility index (Phi) is 7.15. The van der Waals surface area contributed by atoms with Crippen LogP contribution in [0.4, 0.5) is 4.39 Å². The zero-order chi connectivity index (χ0) is 25.1. The summed E-state index contributed by atoms with van der Waals surface area (Å²) in [5.74, 6) is -2.40. The van der Waals surface area contributed by atoms with Gasteiger partial charge in [0.25, 0.3) is 11.8 Å². The van der Waals surface area contributed by atoms with Gasteiger partial charge in [-0.25, -0.2) is 4.39 Å². The largest absolute Gasteiger partial charge is 0.503 e. The maximum atomic E-state index is 13.2. The van der Waals surface area contributed by atoms with Crippen LogP contribution in [0.3, 0.4) is 0 Å². The van der Waals surface area contributed by atoms with Crippen molar-refractivity contribution in [1.82, 2.24) is 25.0 Å². The predicted octanol–water partition coefficient (Wildman–Crippen LogP) is 0.637. The van der Waals surface area contributed by atoms with E-state index in [1.54, 1.807) is 4.90 Å². The third-order valence-corrected chi connectivity index (χ3v) is 6.31. The van der Waals surface area contributed by atoms with Crippen molar-refractivity contribution in [2.24, 2.45) is 0 Å². The molecule has 0 saturated carbocycles. The van der Waals surface area contributed by atoms with Crippen molar-refractivity contribution in [3.63, 3.8) is 0 Å². The lowest BCUT2D eigenvalue weighted by molar-refractivity contribution is -0.119. The first kappa shape index (κ1) is 24.4. The van der Waals surface area contributed by atoms with E-state index in [9.17, 15) is 28.7 Å². The van der Waals surface area contributed by atoms with Crippen LogP contribution in [0, 0.1) is 5.82 Å². The highest BCUT2D eigenvalue weighted by Gasteiger charge is 2.40. The monoisotopic (exact) mass is 485 g/mol. The highest BCUT2D eigenvalue weighted by Crippen LogP contribution is 2.28. The van der Waals surface area contributed by atoms with Crippen LogP contribution < -0.4 is 16.1 Å². The van der Waals surface area contributed by atoms with Crippen LogP contribution in [0.25, 0.3) is 0 Å². The molecule has 0 aliphatic carbocycles. The van der Waals surface area contributed by atoms with Gasteiger partial charge < -0.3 is 25.2 Å². The van der Waals surface area contributed by atoms with Crippen molar-refractivity contribution < 1.29 is 23.9 Å². The van der Waals surface area contributed by atoms with Gasteiger partial charge in [0, 0.05) is 45.8 Å². The number of carbonyl (C=O) groups excluding carboxylic acids is 3. The minimum absolute atomic E-state index is 0.0679. The van der Waals surface area contributed by atoms with Gasteiger partial charge >= 0.3 is 0 Å². The Morgan fingerprint density at radius 2 is 1.89 bits per heavy atom. The smallest absolute Gasteiger partial charge is 0.275 e. The Balaban J connectivity index is 1.54. The van der Waals surface area contributed by atoms with Crippen LogP contribution in [0.15, 0.2) is 35.3 Å². The standard InChI is InChI=1S/C24H28FN5O5/c1-15(31)26-8-2-9-28-10-3-11-30-19(28)14-29-13-18(21(32)22(33)20(29)24(30)35)23(34)27-12-16-4-6-17(25)7-5-16/h4-7,13,19,33H,2-3,8-12,14H2,1H3,(H,26,31)(H,27,34). The second-order valence-corrected chi connectivity index (χ2v) is 8.74. The first-order valence-electron chi connectivity index (χ1n) is 11.5. The Bertz CT molecular complexity index is 1200. The van der Waals surface area contributed by atoms with Crippen molar-refractivity contribution in [1.29, 1.82) is 0 Å². The first-order valence-corrected chi connectivity index (χ1v) is 11.5.